The summed E-state index contributed by atoms with van der Waals surface area (Å²) < 4.78 is 0. The van der Waals surface area contributed by atoms with Crippen LogP contribution in [0.3, 0.4) is 0 Å². The summed E-state index contributed by atoms with van der Waals surface area (Å²) in [6.45, 7) is 13.8. The summed E-state index contributed by atoms with van der Waals surface area (Å²) in [7, 11) is 0. The summed E-state index contributed by atoms with van der Waals surface area (Å²) in [5, 5.41) is 9.46. The van der Waals surface area contributed by atoms with Gasteiger partial charge in [-0.25, -0.2) is 0 Å². The average molecular weight is 297 g/mol. The Bertz CT molecular complexity index is 639. The summed E-state index contributed by atoms with van der Waals surface area (Å²) in [6, 6.07) is 8.43. The number of allylic oxidation sites excluding steroid dienone is 2. The molecule has 0 amide bonds. The van der Waals surface area contributed by atoms with Crippen molar-refractivity contribution in [3.8, 4) is 6.07 Å². The number of ketones is 1. The third-order valence-electron chi connectivity index (χ3n) is 3.90. The highest BCUT2D eigenvalue weighted by Gasteiger charge is 2.32. The maximum Gasteiger partial charge on any atom is 0.178 e. The van der Waals surface area contributed by atoms with Gasteiger partial charge in [-0.1, -0.05) is 65.3 Å². The van der Waals surface area contributed by atoms with Crippen molar-refractivity contribution in [2.24, 2.45) is 5.41 Å². The van der Waals surface area contributed by atoms with Gasteiger partial charge < -0.3 is 0 Å². The van der Waals surface area contributed by atoms with Gasteiger partial charge in [-0.3, -0.25) is 4.79 Å². The minimum absolute atomic E-state index is 0.0596. The molecule has 0 aromatic heterocycles. The molecule has 1 atom stereocenters. The summed E-state index contributed by atoms with van der Waals surface area (Å²) in [5.41, 5.74) is 4.31. The molecule has 0 saturated heterocycles. The smallest absolute Gasteiger partial charge is 0.178 e. The van der Waals surface area contributed by atoms with Crippen LogP contribution in [0.1, 0.15) is 70.6 Å². The van der Waals surface area contributed by atoms with Crippen LogP contribution in [0, 0.1) is 23.7 Å². The van der Waals surface area contributed by atoms with Gasteiger partial charge >= 0.3 is 0 Å². The number of aryl methyl sites for hydroxylation is 1. The Morgan fingerprint density at radius 3 is 2.36 bits per heavy atom. The molecule has 0 saturated carbocycles. The van der Waals surface area contributed by atoms with Crippen molar-refractivity contribution < 1.29 is 4.79 Å². The van der Waals surface area contributed by atoms with E-state index >= 15 is 0 Å². The van der Waals surface area contributed by atoms with E-state index in [0.717, 1.165) is 17.6 Å². The topological polar surface area (TPSA) is 40.9 Å². The molecule has 0 spiro atoms. The SMILES string of the molecule is CC.Cc1ccc2c(c1)C(C)C/C2=C(/C#N)C(=O)C(C)(C)C. The number of carbonyl (C=O) groups is 1. The van der Waals surface area contributed by atoms with Gasteiger partial charge in [0.05, 0.1) is 5.57 Å². The van der Waals surface area contributed by atoms with Crippen LogP contribution in [0.5, 0.6) is 0 Å². The average Bonchev–Trinajstić information content (AvgIpc) is 2.78. The number of hydrogen-bond acceptors (Lipinski definition) is 2. The van der Waals surface area contributed by atoms with Crippen molar-refractivity contribution in [2.45, 2.75) is 60.8 Å². The number of rotatable bonds is 1. The first-order valence-electron chi connectivity index (χ1n) is 8.04. The van der Waals surface area contributed by atoms with Crippen LogP contribution < -0.4 is 0 Å². The van der Waals surface area contributed by atoms with Gasteiger partial charge in [-0.15, -0.1) is 0 Å². The molecular weight excluding hydrogens is 270 g/mol. The molecule has 1 aliphatic rings. The normalized spacial score (nSPS) is 18.7. The third-order valence-corrected chi connectivity index (χ3v) is 3.90. The lowest BCUT2D eigenvalue weighted by molar-refractivity contribution is -0.122. The lowest BCUT2D eigenvalue weighted by atomic mass is 9.84. The molecule has 0 aliphatic heterocycles. The van der Waals surface area contributed by atoms with Crippen LogP contribution in [0.2, 0.25) is 0 Å². The number of hydrogen-bond donors (Lipinski definition) is 0. The van der Waals surface area contributed by atoms with Gasteiger partial charge in [-0.05, 0) is 36.0 Å². The highest BCUT2D eigenvalue weighted by atomic mass is 16.1. The van der Waals surface area contributed by atoms with Gasteiger partial charge in [0.1, 0.15) is 6.07 Å². The summed E-state index contributed by atoms with van der Waals surface area (Å²) in [4.78, 5) is 12.5. The van der Waals surface area contributed by atoms with Crippen molar-refractivity contribution in [1.29, 1.82) is 5.26 Å². The number of nitrogens with zero attached hydrogens (tertiary/aromatic N) is 1. The molecule has 22 heavy (non-hydrogen) atoms. The van der Waals surface area contributed by atoms with Crippen molar-refractivity contribution in [1.82, 2.24) is 0 Å². The molecule has 2 heteroatoms. The molecular formula is C20H27NO. The van der Waals surface area contributed by atoms with Crippen molar-refractivity contribution in [3.63, 3.8) is 0 Å². The van der Waals surface area contributed by atoms with E-state index in [1.165, 1.54) is 11.1 Å². The Hall–Kier alpha value is -1.88. The largest absolute Gasteiger partial charge is 0.293 e. The fourth-order valence-corrected chi connectivity index (χ4v) is 2.76. The Kier molecular flexibility index (Phi) is 5.72. The first kappa shape index (κ1) is 18.2. The Morgan fingerprint density at radius 2 is 1.86 bits per heavy atom. The van der Waals surface area contributed by atoms with E-state index < -0.39 is 5.41 Å². The van der Waals surface area contributed by atoms with Crippen LogP contribution in [-0.2, 0) is 4.79 Å². The Morgan fingerprint density at radius 1 is 1.27 bits per heavy atom. The van der Waals surface area contributed by atoms with Crippen molar-refractivity contribution in [2.75, 3.05) is 0 Å². The number of carbonyl (C=O) groups excluding carboxylic acids is 1. The Balaban J connectivity index is 0.00000116. The van der Waals surface area contributed by atoms with Gasteiger partial charge in [0.25, 0.3) is 0 Å². The van der Waals surface area contributed by atoms with E-state index in [4.69, 9.17) is 0 Å². The van der Waals surface area contributed by atoms with E-state index in [-0.39, 0.29) is 5.78 Å². The molecule has 118 valence electrons. The fraction of sp³-hybridized carbons (Fsp3) is 0.500. The maximum absolute atomic E-state index is 12.5. The maximum atomic E-state index is 12.5. The predicted molar refractivity (Wildman–Crippen MR) is 92.6 cm³/mol. The zero-order chi connectivity index (χ0) is 17.1. The van der Waals surface area contributed by atoms with Crippen LogP contribution in [0.15, 0.2) is 23.8 Å². The zero-order valence-electron chi connectivity index (χ0n) is 14.9. The van der Waals surface area contributed by atoms with Crippen LogP contribution >= 0.6 is 0 Å². The monoisotopic (exact) mass is 297 g/mol. The fourth-order valence-electron chi connectivity index (χ4n) is 2.76. The molecule has 0 radical (unpaired) electrons. The van der Waals surface area contributed by atoms with Crippen molar-refractivity contribution in [3.05, 3.63) is 40.5 Å². The second-order valence-electron chi connectivity index (χ2n) is 6.74. The predicted octanol–water partition coefficient (Wildman–Crippen LogP) is 5.42. The van der Waals surface area contributed by atoms with E-state index in [1.54, 1.807) is 0 Å². The molecule has 2 nitrogen and oxygen atoms in total. The zero-order valence-corrected chi connectivity index (χ0v) is 14.9. The summed E-state index contributed by atoms with van der Waals surface area (Å²) >= 11 is 0. The van der Waals surface area contributed by atoms with Crippen LogP contribution in [-0.4, -0.2) is 5.78 Å². The molecule has 1 aromatic rings. The quantitative estimate of drug-likeness (QED) is 0.513. The van der Waals surface area contributed by atoms with E-state index in [1.807, 2.05) is 40.7 Å². The third kappa shape index (κ3) is 3.47. The number of fused-ring (bicyclic) bond motifs is 1. The summed E-state index contributed by atoms with van der Waals surface area (Å²) in [6.07, 6.45) is 0.781. The van der Waals surface area contributed by atoms with Gasteiger partial charge in [0.15, 0.2) is 5.78 Å². The Labute approximate surface area is 134 Å². The summed E-state index contributed by atoms with van der Waals surface area (Å²) in [5.74, 6) is 0.312. The molecule has 0 heterocycles. The van der Waals surface area contributed by atoms with E-state index in [2.05, 4.69) is 32.0 Å². The highest BCUT2D eigenvalue weighted by Crippen LogP contribution is 2.43. The van der Waals surface area contributed by atoms with Crippen LogP contribution in [0.25, 0.3) is 5.57 Å². The first-order valence-corrected chi connectivity index (χ1v) is 8.04. The second kappa shape index (κ2) is 6.92. The second-order valence-corrected chi connectivity index (χ2v) is 6.74. The standard InChI is InChI=1S/C18H21NO.C2H6/c1-11-6-7-13-14(8-11)12(2)9-15(13)16(10-19)17(20)18(3,4)5;1-2/h6-8,12H,9H2,1-5H3;1-2H3/b16-15+;. The lowest BCUT2D eigenvalue weighted by Gasteiger charge is -2.17. The van der Waals surface area contributed by atoms with Crippen LogP contribution in [0.4, 0.5) is 0 Å². The lowest BCUT2D eigenvalue weighted by Crippen LogP contribution is -2.22. The minimum atomic E-state index is -0.519. The molecule has 1 unspecified atom stereocenters. The molecule has 0 fully saturated rings. The molecule has 0 bridgehead atoms. The van der Waals surface area contributed by atoms with Gasteiger partial charge in [0.2, 0.25) is 0 Å². The van der Waals surface area contributed by atoms with Gasteiger partial charge in [-0.2, -0.15) is 5.26 Å². The molecule has 0 N–H and O–H groups in total. The minimum Gasteiger partial charge on any atom is -0.293 e. The first-order chi connectivity index (χ1) is 10.3. The number of Topliss-reactive ketones (excluding diaryl/α,β-unsaturated/α-hetero) is 1. The van der Waals surface area contributed by atoms with Crippen molar-refractivity contribution >= 4 is 11.4 Å². The van der Waals surface area contributed by atoms with E-state index in [9.17, 15) is 10.1 Å². The highest BCUT2D eigenvalue weighted by molar-refractivity contribution is 6.09. The van der Waals surface area contributed by atoms with E-state index in [0.29, 0.717) is 11.5 Å². The number of benzene rings is 1. The molecule has 1 aliphatic carbocycles. The molecule has 2 rings (SSSR count). The number of nitriles is 1. The molecule has 1 aromatic carbocycles. The van der Waals surface area contributed by atoms with Gasteiger partial charge in [0, 0.05) is 5.41 Å².